The number of hydrogen-bond donors (Lipinski definition) is 3. The molecule has 0 aliphatic rings. The second-order valence-corrected chi connectivity index (χ2v) is 6.44. The molecule has 0 radical (unpaired) electrons. The summed E-state index contributed by atoms with van der Waals surface area (Å²) < 4.78 is 5.75. The second kappa shape index (κ2) is 11.4. The van der Waals surface area contributed by atoms with Gasteiger partial charge in [-0.05, 0) is 43.4 Å². The lowest BCUT2D eigenvalue weighted by atomic mass is 9.94. The van der Waals surface area contributed by atoms with Crippen LogP contribution in [0.4, 0.5) is 0 Å². The largest absolute Gasteiger partial charge is 0.494 e. The van der Waals surface area contributed by atoms with Gasteiger partial charge in [-0.1, -0.05) is 44.7 Å². The third-order valence-corrected chi connectivity index (χ3v) is 4.21. The van der Waals surface area contributed by atoms with Crippen molar-refractivity contribution in [1.29, 1.82) is 0 Å². The third kappa shape index (κ3) is 8.35. The molecule has 1 aromatic carbocycles. The van der Waals surface area contributed by atoms with E-state index in [4.69, 9.17) is 20.7 Å². The standard InChI is InChI=1S/C19H33NO3/c1-2-3-4-5-6-14-23-18-11-9-17(10-12-18)8-7-13-19(20,15-21)16-22/h9-12,21-22H,2-8,13-16,20H2,1H3. The van der Waals surface area contributed by atoms with Crippen LogP contribution in [0.5, 0.6) is 5.75 Å². The lowest BCUT2D eigenvalue weighted by molar-refractivity contribution is 0.113. The Morgan fingerprint density at radius 2 is 1.61 bits per heavy atom. The van der Waals surface area contributed by atoms with E-state index in [0.717, 1.165) is 31.6 Å². The Balaban J connectivity index is 2.23. The molecule has 4 nitrogen and oxygen atoms in total. The average molecular weight is 323 g/mol. The zero-order valence-corrected chi connectivity index (χ0v) is 14.5. The molecule has 23 heavy (non-hydrogen) atoms. The monoisotopic (exact) mass is 323 g/mol. The van der Waals surface area contributed by atoms with E-state index >= 15 is 0 Å². The van der Waals surface area contributed by atoms with Gasteiger partial charge in [0.25, 0.3) is 0 Å². The van der Waals surface area contributed by atoms with Crippen molar-refractivity contribution in [1.82, 2.24) is 0 Å². The SMILES string of the molecule is CCCCCCCOc1ccc(CCCC(N)(CO)CO)cc1. The first kappa shape index (κ1) is 19.9. The van der Waals surface area contributed by atoms with Crippen LogP contribution in [-0.2, 0) is 6.42 Å². The van der Waals surface area contributed by atoms with Gasteiger partial charge in [-0.3, -0.25) is 0 Å². The fourth-order valence-corrected chi connectivity index (χ4v) is 2.50. The van der Waals surface area contributed by atoms with E-state index in [1.165, 1.54) is 31.2 Å². The van der Waals surface area contributed by atoms with Crippen molar-refractivity contribution in [3.63, 3.8) is 0 Å². The maximum Gasteiger partial charge on any atom is 0.119 e. The molecule has 0 aromatic heterocycles. The van der Waals surface area contributed by atoms with Crippen LogP contribution in [-0.4, -0.2) is 35.6 Å². The number of hydrogen-bond acceptors (Lipinski definition) is 4. The summed E-state index contributed by atoms with van der Waals surface area (Å²) in [5.74, 6) is 0.920. The van der Waals surface area contributed by atoms with E-state index in [0.29, 0.717) is 6.42 Å². The van der Waals surface area contributed by atoms with Crippen molar-refractivity contribution < 1.29 is 14.9 Å². The molecule has 0 amide bonds. The second-order valence-electron chi connectivity index (χ2n) is 6.44. The first-order chi connectivity index (χ1) is 11.1. The van der Waals surface area contributed by atoms with Gasteiger partial charge in [-0.15, -0.1) is 0 Å². The third-order valence-electron chi connectivity index (χ3n) is 4.21. The molecule has 0 bridgehead atoms. The van der Waals surface area contributed by atoms with Crippen molar-refractivity contribution in [2.24, 2.45) is 5.73 Å². The highest BCUT2D eigenvalue weighted by Crippen LogP contribution is 2.16. The minimum Gasteiger partial charge on any atom is -0.494 e. The molecule has 132 valence electrons. The summed E-state index contributed by atoms with van der Waals surface area (Å²) in [7, 11) is 0. The molecule has 0 aliphatic carbocycles. The van der Waals surface area contributed by atoms with Crippen LogP contribution < -0.4 is 10.5 Å². The van der Waals surface area contributed by atoms with Gasteiger partial charge in [0.1, 0.15) is 5.75 Å². The maximum absolute atomic E-state index is 9.17. The number of aryl methyl sites for hydroxylation is 1. The Labute approximate surface area is 140 Å². The fourth-order valence-electron chi connectivity index (χ4n) is 2.50. The van der Waals surface area contributed by atoms with Crippen molar-refractivity contribution in [3.8, 4) is 5.75 Å². The Hall–Kier alpha value is -1.10. The van der Waals surface area contributed by atoms with Crippen molar-refractivity contribution in [3.05, 3.63) is 29.8 Å². The van der Waals surface area contributed by atoms with E-state index in [2.05, 4.69) is 19.1 Å². The normalized spacial score (nSPS) is 11.7. The Kier molecular flexibility index (Phi) is 9.92. The number of aliphatic hydroxyl groups is 2. The summed E-state index contributed by atoms with van der Waals surface area (Å²) in [4.78, 5) is 0. The lowest BCUT2D eigenvalue weighted by Gasteiger charge is -2.24. The molecular weight excluding hydrogens is 290 g/mol. The van der Waals surface area contributed by atoms with Crippen LogP contribution in [0.25, 0.3) is 0 Å². The van der Waals surface area contributed by atoms with Gasteiger partial charge >= 0.3 is 0 Å². The summed E-state index contributed by atoms with van der Waals surface area (Å²) in [5.41, 5.74) is 6.22. The molecular formula is C19H33NO3. The van der Waals surface area contributed by atoms with Gasteiger partial charge in [0.15, 0.2) is 0 Å². The summed E-state index contributed by atoms with van der Waals surface area (Å²) in [5, 5.41) is 18.3. The molecule has 0 aliphatic heterocycles. The fraction of sp³-hybridized carbons (Fsp3) is 0.684. The minimum absolute atomic E-state index is 0.186. The zero-order chi connectivity index (χ0) is 17.0. The molecule has 4 heteroatoms. The highest BCUT2D eigenvalue weighted by molar-refractivity contribution is 5.27. The Bertz CT molecular complexity index is 402. The van der Waals surface area contributed by atoms with Crippen LogP contribution in [0.3, 0.4) is 0 Å². The van der Waals surface area contributed by atoms with Crippen LogP contribution in [0, 0.1) is 0 Å². The van der Waals surface area contributed by atoms with Crippen LogP contribution >= 0.6 is 0 Å². The maximum atomic E-state index is 9.17. The van der Waals surface area contributed by atoms with E-state index in [1.54, 1.807) is 0 Å². The number of ether oxygens (including phenoxy) is 1. The summed E-state index contributed by atoms with van der Waals surface area (Å²) in [6.45, 7) is 2.63. The van der Waals surface area contributed by atoms with E-state index in [9.17, 15) is 0 Å². The minimum atomic E-state index is -0.860. The summed E-state index contributed by atoms with van der Waals surface area (Å²) in [6, 6.07) is 8.16. The zero-order valence-electron chi connectivity index (χ0n) is 14.5. The number of nitrogens with two attached hydrogens (primary N) is 1. The van der Waals surface area contributed by atoms with Gasteiger partial charge < -0.3 is 20.7 Å². The van der Waals surface area contributed by atoms with Crippen LogP contribution in [0.2, 0.25) is 0 Å². The van der Waals surface area contributed by atoms with E-state index in [-0.39, 0.29) is 13.2 Å². The van der Waals surface area contributed by atoms with Crippen molar-refractivity contribution >= 4 is 0 Å². The lowest BCUT2D eigenvalue weighted by Crippen LogP contribution is -2.47. The average Bonchev–Trinajstić information content (AvgIpc) is 2.59. The summed E-state index contributed by atoms with van der Waals surface area (Å²) in [6.07, 6.45) is 8.56. The molecule has 0 fully saturated rings. The first-order valence-electron chi connectivity index (χ1n) is 8.86. The summed E-state index contributed by atoms with van der Waals surface area (Å²) >= 11 is 0. The molecule has 0 heterocycles. The van der Waals surface area contributed by atoms with Gasteiger partial charge in [0, 0.05) is 0 Å². The molecule has 1 aromatic rings. The molecule has 1 rings (SSSR count). The highest BCUT2D eigenvalue weighted by Gasteiger charge is 2.21. The van der Waals surface area contributed by atoms with Gasteiger partial charge in [-0.25, -0.2) is 0 Å². The topological polar surface area (TPSA) is 75.7 Å². The van der Waals surface area contributed by atoms with Gasteiger partial charge in [0.2, 0.25) is 0 Å². The number of unbranched alkanes of at least 4 members (excludes halogenated alkanes) is 4. The predicted octanol–water partition coefficient (Wildman–Crippen LogP) is 3.04. The highest BCUT2D eigenvalue weighted by atomic mass is 16.5. The number of rotatable bonds is 13. The molecule has 0 spiro atoms. The molecule has 4 N–H and O–H groups in total. The Morgan fingerprint density at radius 1 is 0.957 bits per heavy atom. The van der Waals surface area contributed by atoms with Crippen molar-refractivity contribution in [2.75, 3.05) is 19.8 Å². The number of aliphatic hydroxyl groups excluding tert-OH is 2. The van der Waals surface area contributed by atoms with Crippen LogP contribution in [0.15, 0.2) is 24.3 Å². The van der Waals surface area contributed by atoms with E-state index < -0.39 is 5.54 Å². The molecule has 0 atom stereocenters. The number of benzene rings is 1. The molecule has 0 unspecified atom stereocenters. The predicted molar refractivity (Wildman–Crippen MR) is 94.7 cm³/mol. The van der Waals surface area contributed by atoms with Crippen LogP contribution in [0.1, 0.15) is 57.4 Å². The molecule has 0 saturated carbocycles. The first-order valence-corrected chi connectivity index (χ1v) is 8.86. The van der Waals surface area contributed by atoms with Gasteiger partial charge in [-0.2, -0.15) is 0 Å². The Morgan fingerprint density at radius 3 is 2.22 bits per heavy atom. The quantitative estimate of drug-likeness (QED) is 0.488. The van der Waals surface area contributed by atoms with E-state index in [1.807, 2.05) is 12.1 Å². The van der Waals surface area contributed by atoms with Gasteiger partial charge in [0.05, 0.1) is 25.4 Å². The smallest absolute Gasteiger partial charge is 0.119 e. The van der Waals surface area contributed by atoms with Crippen molar-refractivity contribution in [2.45, 2.75) is 63.8 Å². The molecule has 0 saturated heterocycles.